The highest BCUT2D eigenvalue weighted by Crippen LogP contribution is 2.13. The molecule has 0 bridgehead atoms. The molecular weight excluding hydrogens is 196 g/mol. The largest absolute Gasteiger partial charge is 0.376 e. The van der Waals surface area contributed by atoms with Crippen LogP contribution < -0.4 is 0 Å². The first kappa shape index (κ1) is 10.1. The van der Waals surface area contributed by atoms with Gasteiger partial charge in [-0.2, -0.15) is 5.10 Å². The lowest BCUT2D eigenvalue weighted by Gasteiger charge is -2.19. The van der Waals surface area contributed by atoms with E-state index < -0.39 is 0 Å². The summed E-state index contributed by atoms with van der Waals surface area (Å²) in [5, 5.41) is 6.19. The second-order valence-electron chi connectivity index (χ2n) is 3.65. The molecule has 1 unspecified atom stereocenters. The van der Waals surface area contributed by atoms with Crippen molar-refractivity contribution in [1.82, 2.24) is 20.1 Å². The summed E-state index contributed by atoms with van der Waals surface area (Å²) in [6.45, 7) is 1.41. The molecule has 1 aliphatic heterocycles. The van der Waals surface area contributed by atoms with Crippen LogP contribution in [0.2, 0.25) is 0 Å². The van der Waals surface area contributed by atoms with Gasteiger partial charge in [-0.3, -0.25) is 9.89 Å². The summed E-state index contributed by atoms with van der Waals surface area (Å²) in [5.41, 5.74) is 0. The molecule has 1 aliphatic rings. The maximum Gasteiger partial charge on any atom is 0.291 e. The van der Waals surface area contributed by atoms with Gasteiger partial charge in [0.25, 0.3) is 5.91 Å². The highest BCUT2D eigenvalue weighted by Gasteiger charge is 2.21. The Balaban J connectivity index is 1.90. The highest BCUT2D eigenvalue weighted by atomic mass is 16.5. The Labute approximate surface area is 87.6 Å². The van der Waals surface area contributed by atoms with Gasteiger partial charge < -0.3 is 9.64 Å². The van der Waals surface area contributed by atoms with Crippen LogP contribution in [0, 0.1) is 0 Å². The van der Waals surface area contributed by atoms with Gasteiger partial charge in [-0.1, -0.05) is 0 Å². The van der Waals surface area contributed by atoms with Crippen LogP contribution in [0.3, 0.4) is 0 Å². The number of ether oxygens (including phenoxy) is 1. The van der Waals surface area contributed by atoms with Crippen LogP contribution in [0.1, 0.15) is 23.5 Å². The van der Waals surface area contributed by atoms with Crippen LogP contribution in [-0.2, 0) is 4.74 Å². The Morgan fingerprint density at radius 2 is 2.67 bits per heavy atom. The highest BCUT2D eigenvalue weighted by molar-refractivity contribution is 5.90. The molecule has 1 fully saturated rings. The smallest absolute Gasteiger partial charge is 0.291 e. The lowest BCUT2D eigenvalue weighted by atomic mass is 10.2. The van der Waals surface area contributed by atoms with Crippen molar-refractivity contribution in [2.75, 3.05) is 20.2 Å². The van der Waals surface area contributed by atoms with E-state index in [1.54, 1.807) is 11.9 Å². The van der Waals surface area contributed by atoms with Gasteiger partial charge in [0.15, 0.2) is 0 Å². The van der Waals surface area contributed by atoms with Crippen molar-refractivity contribution in [2.45, 2.75) is 18.9 Å². The SMILES string of the molecule is CN(CC1CCCO1)C(=O)c1ncn[nH]1. The zero-order valence-corrected chi connectivity index (χ0v) is 8.64. The number of H-pyrrole nitrogens is 1. The van der Waals surface area contributed by atoms with Gasteiger partial charge in [0.1, 0.15) is 6.33 Å². The topological polar surface area (TPSA) is 71.1 Å². The van der Waals surface area contributed by atoms with E-state index in [2.05, 4.69) is 15.2 Å². The minimum atomic E-state index is -0.150. The number of hydrogen-bond donors (Lipinski definition) is 1. The average molecular weight is 210 g/mol. The molecule has 1 atom stereocenters. The van der Waals surface area contributed by atoms with Crippen molar-refractivity contribution in [2.24, 2.45) is 0 Å². The summed E-state index contributed by atoms with van der Waals surface area (Å²) < 4.78 is 5.45. The van der Waals surface area contributed by atoms with Gasteiger partial charge in [0.05, 0.1) is 6.10 Å². The molecular formula is C9H14N4O2. The van der Waals surface area contributed by atoms with Gasteiger partial charge in [-0.25, -0.2) is 4.98 Å². The van der Waals surface area contributed by atoms with Crippen molar-refractivity contribution in [3.05, 3.63) is 12.2 Å². The van der Waals surface area contributed by atoms with Gasteiger partial charge in [-0.15, -0.1) is 0 Å². The first-order chi connectivity index (χ1) is 7.27. The van der Waals surface area contributed by atoms with Crippen molar-refractivity contribution in [3.63, 3.8) is 0 Å². The number of carbonyl (C=O) groups excluding carboxylic acids is 1. The summed E-state index contributed by atoms with van der Waals surface area (Å²) in [5.74, 6) is 0.124. The van der Waals surface area contributed by atoms with Gasteiger partial charge in [0, 0.05) is 20.2 Å². The third kappa shape index (κ3) is 2.33. The van der Waals surface area contributed by atoms with Gasteiger partial charge >= 0.3 is 0 Å². The molecule has 6 heteroatoms. The Morgan fingerprint density at radius 1 is 1.80 bits per heavy atom. The molecule has 0 saturated carbocycles. The average Bonchev–Trinajstić information content (AvgIpc) is 2.88. The predicted octanol–water partition coefficient (Wildman–Crippen LogP) is 0.0557. The number of nitrogens with zero attached hydrogens (tertiary/aromatic N) is 3. The molecule has 2 heterocycles. The van der Waals surface area contributed by atoms with E-state index in [1.165, 1.54) is 6.33 Å². The number of hydrogen-bond acceptors (Lipinski definition) is 4. The van der Waals surface area contributed by atoms with Crippen molar-refractivity contribution in [1.29, 1.82) is 0 Å². The molecule has 6 nitrogen and oxygen atoms in total. The Bertz CT molecular complexity index is 319. The first-order valence-electron chi connectivity index (χ1n) is 5.00. The van der Waals surface area contributed by atoms with E-state index in [0.29, 0.717) is 6.54 Å². The fourth-order valence-electron chi connectivity index (χ4n) is 1.67. The molecule has 0 aromatic carbocycles. The normalized spacial score (nSPS) is 20.5. The number of aromatic nitrogens is 3. The van der Waals surface area contributed by atoms with Gasteiger partial charge in [0.2, 0.25) is 5.82 Å². The van der Waals surface area contributed by atoms with E-state index in [1.807, 2.05) is 0 Å². The maximum atomic E-state index is 11.7. The summed E-state index contributed by atoms with van der Waals surface area (Å²) in [6, 6.07) is 0. The summed E-state index contributed by atoms with van der Waals surface area (Å²) >= 11 is 0. The number of rotatable bonds is 3. The van der Waals surface area contributed by atoms with E-state index >= 15 is 0 Å². The Kier molecular flexibility index (Phi) is 2.96. The number of likely N-dealkylation sites (N-methyl/N-ethyl adjacent to an activating group) is 1. The minimum absolute atomic E-state index is 0.150. The molecule has 1 aromatic heterocycles. The van der Waals surface area contributed by atoms with Crippen LogP contribution in [0.25, 0.3) is 0 Å². The van der Waals surface area contributed by atoms with Crippen molar-refractivity contribution >= 4 is 5.91 Å². The summed E-state index contributed by atoms with van der Waals surface area (Å²) in [4.78, 5) is 17.2. The van der Waals surface area contributed by atoms with Crippen LogP contribution in [0.4, 0.5) is 0 Å². The monoisotopic (exact) mass is 210 g/mol. The Morgan fingerprint density at radius 3 is 3.27 bits per heavy atom. The summed E-state index contributed by atoms with van der Waals surface area (Å²) in [7, 11) is 1.74. The summed E-state index contributed by atoms with van der Waals surface area (Å²) in [6.07, 6.45) is 3.60. The quantitative estimate of drug-likeness (QED) is 0.765. The van der Waals surface area contributed by atoms with E-state index in [9.17, 15) is 4.79 Å². The van der Waals surface area contributed by atoms with E-state index in [4.69, 9.17) is 4.74 Å². The number of aromatic amines is 1. The predicted molar refractivity (Wildman–Crippen MR) is 52.3 cm³/mol. The molecule has 1 aromatic rings. The second kappa shape index (κ2) is 4.39. The molecule has 0 radical (unpaired) electrons. The molecule has 1 amide bonds. The fraction of sp³-hybridized carbons (Fsp3) is 0.667. The molecule has 1 N–H and O–H groups in total. The number of nitrogens with one attached hydrogen (secondary N) is 1. The lowest BCUT2D eigenvalue weighted by molar-refractivity contribution is 0.0578. The minimum Gasteiger partial charge on any atom is -0.376 e. The maximum absolute atomic E-state index is 11.7. The van der Waals surface area contributed by atoms with Gasteiger partial charge in [-0.05, 0) is 12.8 Å². The molecule has 0 aliphatic carbocycles. The third-order valence-electron chi connectivity index (χ3n) is 2.47. The van der Waals surface area contributed by atoms with Crippen molar-refractivity contribution in [3.8, 4) is 0 Å². The van der Waals surface area contributed by atoms with Crippen LogP contribution >= 0.6 is 0 Å². The molecule has 15 heavy (non-hydrogen) atoms. The number of amides is 1. The first-order valence-corrected chi connectivity index (χ1v) is 5.00. The Hall–Kier alpha value is -1.43. The van der Waals surface area contributed by atoms with Crippen LogP contribution in [0.5, 0.6) is 0 Å². The zero-order valence-electron chi connectivity index (χ0n) is 8.64. The number of carbonyl (C=O) groups is 1. The molecule has 1 saturated heterocycles. The molecule has 82 valence electrons. The standard InChI is InChI=1S/C9H14N4O2/c1-13(5-7-3-2-4-15-7)9(14)8-10-6-11-12-8/h6-7H,2-5H2,1H3,(H,10,11,12). The second-order valence-corrected chi connectivity index (χ2v) is 3.65. The molecule has 0 spiro atoms. The van der Waals surface area contributed by atoms with Crippen LogP contribution in [-0.4, -0.2) is 52.3 Å². The zero-order chi connectivity index (χ0) is 10.7. The van der Waals surface area contributed by atoms with E-state index in [0.717, 1.165) is 19.4 Å². The third-order valence-corrected chi connectivity index (χ3v) is 2.47. The fourth-order valence-corrected chi connectivity index (χ4v) is 1.67. The van der Waals surface area contributed by atoms with Crippen molar-refractivity contribution < 1.29 is 9.53 Å². The van der Waals surface area contributed by atoms with Crippen LogP contribution in [0.15, 0.2) is 6.33 Å². The van der Waals surface area contributed by atoms with E-state index in [-0.39, 0.29) is 17.8 Å². The molecule has 2 rings (SSSR count). The lowest BCUT2D eigenvalue weighted by Crippen LogP contribution is -2.34.